The Bertz CT molecular complexity index is 833. The highest BCUT2D eigenvalue weighted by Crippen LogP contribution is 2.47. The molecule has 4 atom stereocenters. The van der Waals surface area contributed by atoms with E-state index in [9.17, 15) is 4.79 Å². The first kappa shape index (κ1) is 21.2. The lowest BCUT2D eigenvalue weighted by Crippen LogP contribution is -2.42. The molecule has 0 radical (unpaired) electrons. The standard InChI is InChI=1S/C21H26N4O.2ClH/c22-19-15-5-4-14(11-15)18(19)21(26)24-16-8-6-13(7-9-16)20-23-12-17-3-1-2-10-25(17)20;;/h6-9,12,14-15,18-19H,1-5,10-11,22H2,(H,24,26);2*1H. The molecule has 0 saturated heterocycles. The molecule has 0 spiro atoms. The van der Waals surface area contributed by atoms with Crippen LogP contribution in [0.1, 0.15) is 37.8 Å². The second-order valence-electron chi connectivity index (χ2n) is 8.18. The summed E-state index contributed by atoms with van der Waals surface area (Å²) in [4.78, 5) is 17.3. The number of hydrogen-bond donors (Lipinski definition) is 2. The molecule has 4 unspecified atom stereocenters. The van der Waals surface area contributed by atoms with Gasteiger partial charge in [0.25, 0.3) is 0 Å². The van der Waals surface area contributed by atoms with Crippen LogP contribution in [-0.2, 0) is 17.8 Å². The number of aryl methyl sites for hydroxylation is 1. The third kappa shape index (κ3) is 3.56. The number of anilines is 1. The number of carbonyl (C=O) groups is 1. The van der Waals surface area contributed by atoms with Crippen LogP contribution < -0.4 is 11.1 Å². The molecule has 5 rings (SSSR count). The lowest BCUT2D eigenvalue weighted by molar-refractivity contribution is -0.121. The van der Waals surface area contributed by atoms with Crippen LogP contribution in [0.2, 0.25) is 0 Å². The fourth-order valence-corrected chi connectivity index (χ4v) is 5.32. The summed E-state index contributed by atoms with van der Waals surface area (Å²) < 4.78 is 2.32. The molecule has 3 N–H and O–H groups in total. The molecule has 1 aromatic carbocycles. The average Bonchev–Trinajstić information content (AvgIpc) is 3.36. The monoisotopic (exact) mass is 422 g/mol. The summed E-state index contributed by atoms with van der Waals surface area (Å²) in [5.74, 6) is 2.13. The van der Waals surface area contributed by atoms with Gasteiger partial charge in [0.05, 0.1) is 5.92 Å². The summed E-state index contributed by atoms with van der Waals surface area (Å²) in [6, 6.07) is 8.11. The number of halogens is 2. The number of nitrogens with one attached hydrogen (secondary N) is 1. The fourth-order valence-electron chi connectivity index (χ4n) is 5.32. The quantitative estimate of drug-likeness (QED) is 0.783. The number of carbonyl (C=O) groups excluding carboxylic acids is 1. The van der Waals surface area contributed by atoms with Crippen LogP contribution in [0, 0.1) is 17.8 Å². The van der Waals surface area contributed by atoms with E-state index >= 15 is 0 Å². The molecule has 2 heterocycles. The first-order valence-electron chi connectivity index (χ1n) is 9.92. The molecule has 3 aliphatic rings. The minimum absolute atomic E-state index is 0. The van der Waals surface area contributed by atoms with Gasteiger partial charge in [0.2, 0.25) is 5.91 Å². The highest BCUT2D eigenvalue weighted by molar-refractivity contribution is 5.93. The van der Waals surface area contributed by atoms with Crippen molar-refractivity contribution in [2.45, 2.75) is 51.1 Å². The summed E-state index contributed by atoms with van der Waals surface area (Å²) in [6.45, 7) is 1.05. The van der Waals surface area contributed by atoms with Gasteiger partial charge in [-0.1, -0.05) is 0 Å². The van der Waals surface area contributed by atoms with Gasteiger partial charge in [0.15, 0.2) is 0 Å². The van der Waals surface area contributed by atoms with E-state index in [1.165, 1.54) is 25.0 Å². The lowest BCUT2D eigenvalue weighted by Gasteiger charge is -2.27. The van der Waals surface area contributed by atoms with E-state index in [4.69, 9.17) is 5.73 Å². The Morgan fingerprint density at radius 1 is 1.11 bits per heavy atom. The lowest BCUT2D eigenvalue weighted by atomic mass is 9.84. The zero-order valence-electron chi connectivity index (χ0n) is 15.8. The van der Waals surface area contributed by atoms with Crippen molar-refractivity contribution in [3.8, 4) is 11.4 Å². The zero-order chi connectivity index (χ0) is 17.7. The Morgan fingerprint density at radius 3 is 2.57 bits per heavy atom. The van der Waals surface area contributed by atoms with Crippen molar-refractivity contribution in [3.05, 3.63) is 36.2 Å². The molecule has 2 aliphatic carbocycles. The molecule has 1 aliphatic heterocycles. The van der Waals surface area contributed by atoms with Crippen LogP contribution in [0.15, 0.2) is 30.5 Å². The summed E-state index contributed by atoms with van der Waals surface area (Å²) in [6.07, 6.45) is 9.06. The van der Waals surface area contributed by atoms with Crippen molar-refractivity contribution in [3.63, 3.8) is 0 Å². The smallest absolute Gasteiger partial charge is 0.229 e. The topological polar surface area (TPSA) is 72.9 Å². The number of imidazole rings is 1. The van der Waals surface area contributed by atoms with Crippen LogP contribution in [0.5, 0.6) is 0 Å². The van der Waals surface area contributed by atoms with E-state index in [2.05, 4.69) is 27.0 Å². The highest BCUT2D eigenvalue weighted by Gasteiger charge is 2.49. The third-order valence-electron chi connectivity index (χ3n) is 6.70. The minimum atomic E-state index is -0.0206. The van der Waals surface area contributed by atoms with Crippen molar-refractivity contribution in [1.29, 1.82) is 0 Å². The first-order valence-corrected chi connectivity index (χ1v) is 9.92. The summed E-state index contributed by atoms with van der Waals surface area (Å²) in [5.41, 5.74) is 9.58. The second kappa shape index (κ2) is 8.44. The largest absolute Gasteiger partial charge is 0.328 e. The van der Waals surface area contributed by atoms with Gasteiger partial charge in [-0.25, -0.2) is 4.98 Å². The van der Waals surface area contributed by atoms with Crippen molar-refractivity contribution in [2.75, 3.05) is 5.32 Å². The fraction of sp³-hybridized carbons (Fsp3) is 0.524. The molecule has 1 aromatic heterocycles. The van der Waals surface area contributed by atoms with E-state index in [-0.39, 0.29) is 42.7 Å². The predicted molar refractivity (Wildman–Crippen MR) is 116 cm³/mol. The van der Waals surface area contributed by atoms with Gasteiger partial charge in [-0.15, -0.1) is 24.8 Å². The number of benzene rings is 1. The van der Waals surface area contributed by atoms with Gasteiger partial charge >= 0.3 is 0 Å². The second-order valence-corrected chi connectivity index (χ2v) is 8.18. The van der Waals surface area contributed by atoms with Crippen LogP contribution in [-0.4, -0.2) is 21.5 Å². The van der Waals surface area contributed by atoms with E-state index in [1.54, 1.807) is 0 Å². The van der Waals surface area contributed by atoms with Crippen molar-refractivity contribution >= 4 is 36.4 Å². The Morgan fingerprint density at radius 2 is 1.86 bits per heavy atom. The van der Waals surface area contributed by atoms with Crippen molar-refractivity contribution in [1.82, 2.24) is 9.55 Å². The third-order valence-corrected chi connectivity index (χ3v) is 6.70. The normalized spacial score (nSPS) is 27.5. The summed E-state index contributed by atoms with van der Waals surface area (Å²) in [5, 5.41) is 3.09. The Balaban J connectivity index is 0.00000112. The summed E-state index contributed by atoms with van der Waals surface area (Å²) >= 11 is 0. The van der Waals surface area contributed by atoms with Gasteiger partial charge < -0.3 is 15.6 Å². The molecule has 152 valence electrons. The number of rotatable bonds is 3. The van der Waals surface area contributed by atoms with Crippen LogP contribution >= 0.6 is 24.8 Å². The molecule has 2 fully saturated rings. The van der Waals surface area contributed by atoms with E-state index in [1.807, 2.05) is 18.3 Å². The van der Waals surface area contributed by atoms with Crippen LogP contribution in [0.25, 0.3) is 11.4 Å². The molecule has 28 heavy (non-hydrogen) atoms. The average molecular weight is 423 g/mol. The SMILES string of the molecule is Cl.Cl.NC1C2CCC(C2)C1C(=O)Nc1ccc(-c2ncc3n2CCCC3)cc1. The maximum absolute atomic E-state index is 12.7. The first-order chi connectivity index (χ1) is 12.7. The number of hydrogen-bond acceptors (Lipinski definition) is 3. The highest BCUT2D eigenvalue weighted by atomic mass is 35.5. The van der Waals surface area contributed by atoms with E-state index in [0.717, 1.165) is 42.9 Å². The van der Waals surface area contributed by atoms with E-state index in [0.29, 0.717) is 11.8 Å². The summed E-state index contributed by atoms with van der Waals surface area (Å²) in [7, 11) is 0. The number of aromatic nitrogens is 2. The molecule has 5 nitrogen and oxygen atoms in total. The maximum Gasteiger partial charge on any atom is 0.229 e. The minimum Gasteiger partial charge on any atom is -0.328 e. The van der Waals surface area contributed by atoms with Gasteiger partial charge in [-0.3, -0.25) is 4.79 Å². The number of amides is 1. The molecule has 2 saturated carbocycles. The predicted octanol–water partition coefficient (Wildman–Crippen LogP) is 4.04. The Labute approximate surface area is 178 Å². The van der Waals surface area contributed by atoms with Crippen molar-refractivity contribution in [2.24, 2.45) is 23.5 Å². The molecular weight excluding hydrogens is 395 g/mol. The van der Waals surface area contributed by atoms with Gasteiger partial charge in [0.1, 0.15) is 5.82 Å². The van der Waals surface area contributed by atoms with Gasteiger partial charge in [-0.2, -0.15) is 0 Å². The van der Waals surface area contributed by atoms with Crippen molar-refractivity contribution < 1.29 is 4.79 Å². The Kier molecular flexibility index (Phi) is 6.37. The van der Waals surface area contributed by atoms with E-state index < -0.39 is 0 Å². The van der Waals surface area contributed by atoms with Gasteiger partial charge in [-0.05, 0) is 74.6 Å². The zero-order valence-corrected chi connectivity index (χ0v) is 17.5. The maximum atomic E-state index is 12.7. The molecule has 7 heteroatoms. The molecule has 1 amide bonds. The van der Waals surface area contributed by atoms with Crippen LogP contribution in [0.4, 0.5) is 5.69 Å². The van der Waals surface area contributed by atoms with Gasteiger partial charge in [0, 0.05) is 35.7 Å². The van der Waals surface area contributed by atoms with Crippen LogP contribution in [0.3, 0.4) is 0 Å². The molecule has 2 aromatic rings. The molecule has 2 bridgehead atoms. The molecular formula is C21H28Cl2N4O. The number of fused-ring (bicyclic) bond motifs is 3. The number of nitrogens with two attached hydrogens (primary N) is 1. The Hall–Kier alpha value is -1.56. The number of nitrogens with zero attached hydrogens (tertiary/aromatic N) is 2.